The molecule has 82 valence electrons. The summed E-state index contributed by atoms with van der Waals surface area (Å²) < 4.78 is 5.38. The molecule has 1 atom stereocenters. The second-order valence-corrected chi connectivity index (χ2v) is 4.01. The Bertz CT molecular complexity index is 304. The number of anilines is 1. The van der Waals surface area contributed by atoms with Crippen LogP contribution in [0.15, 0.2) is 18.3 Å². The largest absolute Gasteiger partial charge is 0.379 e. The third kappa shape index (κ3) is 2.29. The van der Waals surface area contributed by atoms with Gasteiger partial charge in [-0.3, -0.25) is 0 Å². The first-order valence-corrected chi connectivity index (χ1v) is 5.56. The molecule has 3 heteroatoms. The molecule has 0 amide bonds. The Morgan fingerprint density at radius 2 is 2.40 bits per heavy atom. The Hall–Kier alpha value is -1.09. The molecule has 1 unspecified atom stereocenters. The van der Waals surface area contributed by atoms with Crippen molar-refractivity contribution in [2.45, 2.75) is 25.8 Å². The normalized spacial score (nSPS) is 20.5. The summed E-state index contributed by atoms with van der Waals surface area (Å²) in [5.41, 5.74) is 1.29. The number of pyridine rings is 1. The van der Waals surface area contributed by atoms with Gasteiger partial charge in [0.05, 0.1) is 12.6 Å². The fraction of sp³-hybridized carbons (Fsp3) is 0.583. The van der Waals surface area contributed by atoms with E-state index in [1.807, 2.05) is 6.20 Å². The van der Waals surface area contributed by atoms with Gasteiger partial charge in [0.1, 0.15) is 5.82 Å². The third-order valence-electron chi connectivity index (χ3n) is 3.03. The molecule has 0 aliphatic carbocycles. The van der Waals surface area contributed by atoms with Crippen LogP contribution in [0.2, 0.25) is 0 Å². The zero-order valence-corrected chi connectivity index (χ0v) is 9.44. The van der Waals surface area contributed by atoms with Gasteiger partial charge in [0.15, 0.2) is 0 Å². The van der Waals surface area contributed by atoms with E-state index in [0.29, 0.717) is 6.04 Å². The van der Waals surface area contributed by atoms with Gasteiger partial charge in [0, 0.05) is 19.9 Å². The van der Waals surface area contributed by atoms with Crippen LogP contribution in [0.25, 0.3) is 0 Å². The van der Waals surface area contributed by atoms with Crippen LogP contribution in [0.4, 0.5) is 5.82 Å². The fourth-order valence-electron chi connectivity index (χ4n) is 1.85. The van der Waals surface area contributed by atoms with Crippen molar-refractivity contribution in [2.75, 3.05) is 25.2 Å². The minimum Gasteiger partial charge on any atom is -0.379 e. The van der Waals surface area contributed by atoms with Crippen LogP contribution >= 0.6 is 0 Å². The second-order valence-electron chi connectivity index (χ2n) is 4.01. The summed E-state index contributed by atoms with van der Waals surface area (Å²) in [6.07, 6.45) is 4.11. The molecule has 15 heavy (non-hydrogen) atoms. The summed E-state index contributed by atoms with van der Waals surface area (Å²) in [6, 6.07) is 4.73. The fourth-order valence-corrected chi connectivity index (χ4v) is 1.85. The van der Waals surface area contributed by atoms with E-state index in [9.17, 15) is 0 Å². The molecule has 2 heterocycles. The van der Waals surface area contributed by atoms with Crippen LogP contribution in [0.3, 0.4) is 0 Å². The standard InChI is InChI=1S/C12H18N2O/c1-3-10-4-5-12(13-8-10)14(2)11-6-7-15-9-11/h4-5,8,11H,3,6-7,9H2,1-2H3. The predicted molar refractivity (Wildman–Crippen MR) is 61.2 cm³/mol. The minimum atomic E-state index is 0.491. The lowest BCUT2D eigenvalue weighted by molar-refractivity contribution is 0.193. The molecule has 1 aliphatic heterocycles. The van der Waals surface area contributed by atoms with Gasteiger partial charge in [0.2, 0.25) is 0 Å². The summed E-state index contributed by atoms with van der Waals surface area (Å²) in [6.45, 7) is 3.85. The average molecular weight is 206 g/mol. The lowest BCUT2D eigenvalue weighted by Crippen LogP contribution is -2.32. The van der Waals surface area contributed by atoms with E-state index in [1.54, 1.807) is 0 Å². The van der Waals surface area contributed by atoms with Gasteiger partial charge in [-0.15, -0.1) is 0 Å². The van der Waals surface area contributed by atoms with E-state index in [2.05, 4.69) is 36.0 Å². The first-order chi connectivity index (χ1) is 7.31. The van der Waals surface area contributed by atoms with Gasteiger partial charge >= 0.3 is 0 Å². The Kier molecular flexibility index (Phi) is 3.21. The van der Waals surface area contributed by atoms with E-state index in [4.69, 9.17) is 4.74 Å². The van der Waals surface area contributed by atoms with Crippen molar-refractivity contribution in [1.29, 1.82) is 0 Å². The van der Waals surface area contributed by atoms with E-state index in [1.165, 1.54) is 5.56 Å². The minimum absolute atomic E-state index is 0.491. The molecule has 1 saturated heterocycles. The van der Waals surface area contributed by atoms with Gasteiger partial charge in [-0.1, -0.05) is 13.0 Å². The third-order valence-corrected chi connectivity index (χ3v) is 3.03. The maximum Gasteiger partial charge on any atom is 0.128 e. The highest BCUT2D eigenvalue weighted by molar-refractivity contribution is 5.39. The van der Waals surface area contributed by atoms with E-state index in [0.717, 1.165) is 31.9 Å². The summed E-state index contributed by atoms with van der Waals surface area (Å²) in [4.78, 5) is 6.68. The number of hydrogen-bond acceptors (Lipinski definition) is 3. The highest BCUT2D eigenvalue weighted by Crippen LogP contribution is 2.18. The monoisotopic (exact) mass is 206 g/mol. The molecule has 0 saturated carbocycles. The smallest absolute Gasteiger partial charge is 0.128 e. The molecule has 1 aromatic heterocycles. The average Bonchev–Trinajstić information content (AvgIpc) is 2.82. The van der Waals surface area contributed by atoms with Gasteiger partial charge in [-0.25, -0.2) is 4.98 Å². The summed E-state index contributed by atoms with van der Waals surface area (Å²) in [5, 5.41) is 0. The quantitative estimate of drug-likeness (QED) is 0.755. The maximum absolute atomic E-state index is 5.38. The van der Waals surface area contributed by atoms with Crippen LogP contribution < -0.4 is 4.90 Å². The maximum atomic E-state index is 5.38. The highest BCUT2D eigenvalue weighted by Gasteiger charge is 2.20. The molecule has 0 aromatic carbocycles. The lowest BCUT2D eigenvalue weighted by atomic mass is 10.2. The molecule has 0 spiro atoms. The number of nitrogens with zero attached hydrogens (tertiary/aromatic N) is 2. The zero-order chi connectivity index (χ0) is 10.7. The zero-order valence-electron chi connectivity index (χ0n) is 9.44. The Morgan fingerprint density at radius 1 is 1.53 bits per heavy atom. The first kappa shape index (κ1) is 10.4. The van der Waals surface area contributed by atoms with Crippen molar-refractivity contribution >= 4 is 5.82 Å². The molecule has 0 bridgehead atoms. The Labute approximate surface area is 91.1 Å². The van der Waals surface area contributed by atoms with E-state index in [-0.39, 0.29) is 0 Å². The van der Waals surface area contributed by atoms with Gasteiger partial charge in [-0.2, -0.15) is 0 Å². The topological polar surface area (TPSA) is 25.4 Å². The number of aryl methyl sites for hydroxylation is 1. The number of hydrogen-bond donors (Lipinski definition) is 0. The molecule has 0 N–H and O–H groups in total. The number of aromatic nitrogens is 1. The number of likely N-dealkylation sites (N-methyl/N-ethyl adjacent to an activating group) is 1. The van der Waals surface area contributed by atoms with Crippen molar-refractivity contribution in [3.63, 3.8) is 0 Å². The van der Waals surface area contributed by atoms with Gasteiger partial charge < -0.3 is 9.64 Å². The van der Waals surface area contributed by atoms with Gasteiger partial charge in [0.25, 0.3) is 0 Å². The molecular weight excluding hydrogens is 188 g/mol. The highest BCUT2D eigenvalue weighted by atomic mass is 16.5. The van der Waals surface area contributed by atoms with Crippen LogP contribution in [0, 0.1) is 0 Å². The van der Waals surface area contributed by atoms with Crippen LogP contribution in [-0.2, 0) is 11.2 Å². The molecule has 2 rings (SSSR count). The number of rotatable bonds is 3. The van der Waals surface area contributed by atoms with Crippen molar-refractivity contribution in [2.24, 2.45) is 0 Å². The van der Waals surface area contributed by atoms with Crippen LogP contribution in [-0.4, -0.2) is 31.3 Å². The van der Waals surface area contributed by atoms with Crippen molar-refractivity contribution in [3.05, 3.63) is 23.9 Å². The van der Waals surface area contributed by atoms with Crippen LogP contribution in [0.1, 0.15) is 18.9 Å². The summed E-state index contributed by atoms with van der Waals surface area (Å²) in [5.74, 6) is 1.04. The molecule has 1 aromatic rings. The van der Waals surface area contributed by atoms with Crippen molar-refractivity contribution < 1.29 is 4.74 Å². The Balaban J connectivity index is 2.07. The summed E-state index contributed by atoms with van der Waals surface area (Å²) >= 11 is 0. The summed E-state index contributed by atoms with van der Waals surface area (Å²) in [7, 11) is 2.09. The molecule has 0 radical (unpaired) electrons. The van der Waals surface area contributed by atoms with Crippen molar-refractivity contribution in [3.8, 4) is 0 Å². The molecule has 1 fully saturated rings. The molecule has 1 aliphatic rings. The van der Waals surface area contributed by atoms with Crippen molar-refractivity contribution in [1.82, 2.24) is 4.98 Å². The Morgan fingerprint density at radius 3 is 2.93 bits per heavy atom. The van der Waals surface area contributed by atoms with Crippen LogP contribution in [0.5, 0.6) is 0 Å². The molecule has 3 nitrogen and oxygen atoms in total. The van der Waals surface area contributed by atoms with E-state index < -0.39 is 0 Å². The first-order valence-electron chi connectivity index (χ1n) is 5.56. The second kappa shape index (κ2) is 4.62. The predicted octanol–water partition coefficient (Wildman–Crippen LogP) is 1.87. The number of ether oxygens (including phenoxy) is 1. The molecular formula is C12H18N2O. The SMILES string of the molecule is CCc1ccc(N(C)C2CCOC2)nc1. The van der Waals surface area contributed by atoms with Gasteiger partial charge in [-0.05, 0) is 24.5 Å². The lowest BCUT2D eigenvalue weighted by Gasteiger charge is -2.24. The van der Waals surface area contributed by atoms with E-state index >= 15 is 0 Å².